The molecule has 7 nitrogen and oxygen atoms in total. The highest BCUT2D eigenvalue weighted by Crippen LogP contribution is 2.13. The highest BCUT2D eigenvalue weighted by molar-refractivity contribution is 5.89. The average molecular weight is 360 g/mol. The third kappa shape index (κ3) is 5.56. The topological polar surface area (TPSA) is 81.8 Å². The van der Waals surface area contributed by atoms with Gasteiger partial charge in [-0.15, -0.1) is 0 Å². The fourth-order valence-corrected chi connectivity index (χ4v) is 3.10. The van der Waals surface area contributed by atoms with Crippen LogP contribution in [0.4, 0.5) is 0 Å². The molecular formula is C19H28N4O3. The monoisotopic (exact) mass is 360 g/mol. The summed E-state index contributed by atoms with van der Waals surface area (Å²) in [6.45, 7) is 4.87. The number of nitrogens with one attached hydrogen (secondary N) is 2. The van der Waals surface area contributed by atoms with Crippen LogP contribution in [0.2, 0.25) is 0 Å². The van der Waals surface area contributed by atoms with Gasteiger partial charge in [0.1, 0.15) is 6.04 Å². The van der Waals surface area contributed by atoms with Crippen LogP contribution in [-0.2, 0) is 14.4 Å². The van der Waals surface area contributed by atoms with E-state index in [0.717, 1.165) is 25.1 Å². The number of nitrogens with zero attached hydrogens (tertiary/aromatic N) is 2. The van der Waals surface area contributed by atoms with Crippen molar-refractivity contribution in [3.8, 4) is 0 Å². The number of carbonyl (C=O) groups is 3. The van der Waals surface area contributed by atoms with Crippen LogP contribution in [0.5, 0.6) is 0 Å². The fourth-order valence-electron chi connectivity index (χ4n) is 3.10. The molecule has 0 spiro atoms. The van der Waals surface area contributed by atoms with Gasteiger partial charge in [-0.05, 0) is 12.0 Å². The first-order chi connectivity index (χ1) is 12.5. The lowest BCUT2D eigenvalue weighted by molar-refractivity contribution is -0.130. The molecule has 1 aromatic carbocycles. The van der Waals surface area contributed by atoms with E-state index in [9.17, 15) is 14.4 Å². The Bertz CT molecular complexity index is 620. The molecule has 0 bridgehead atoms. The number of amides is 3. The molecule has 142 valence electrons. The summed E-state index contributed by atoms with van der Waals surface area (Å²) >= 11 is 0. The number of hydrogen-bond acceptors (Lipinski definition) is 4. The molecule has 0 saturated carbocycles. The molecule has 1 atom stereocenters. The maximum atomic E-state index is 12.5. The van der Waals surface area contributed by atoms with E-state index < -0.39 is 6.04 Å². The lowest BCUT2D eigenvalue weighted by atomic mass is 10.1. The Balaban J connectivity index is 1.93. The van der Waals surface area contributed by atoms with E-state index >= 15 is 0 Å². The molecule has 2 N–H and O–H groups in total. The SMILES string of the molecule is CCC(=O)N1CCCN(CC(=O)NC(C(=O)NC)c2ccccc2)CC1. The Labute approximate surface area is 154 Å². The molecular weight excluding hydrogens is 332 g/mol. The minimum atomic E-state index is -0.709. The second kappa shape index (κ2) is 9.91. The van der Waals surface area contributed by atoms with Gasteiger partial charge in [-0.1, -0.05) is 37.3 Å². The van der Waals surface area contributed by atoms with Gasteiger partial charge in [0, 0.05) is 39.6 Å². The molecule has 3 amide bonds. The van der Waals surface area contributed by atoms with Crippen LogP contribution >= 0.6 is 0 Å². The smallest absolute Gasteiger partial charge is 0.246 e. The predicted molar refractivity (Wildman–Crippen MR) is 99.3 cm³/mol. The summed E-state index contributed by atoms with van der Waals surface area (Å²) < 4.78 is 0. The largest absolute Gasteiger partial charge is 0.357 e. The molecule has 1 aliphatic rings. The van der Waals surface area contributed by atoms with Gasteiger partial charge >= 0.3 is 0 Å². The second-order valence-corrected chi connectivity index (χ2v) is 6.39. The molecule has 1 heterocycles. The van der Waals surface area contributed by atoms with Gasteiger partial charge < -0.3 is 15.5 Å². The van der Waals surface area contributed by atoms with Gasteiger partial charge in [0.25, 0.3) is 0 Å². The van der Waals surface area contributed by atoms with Gasteiger partial charge in [0.05, 0.1) is 6.54 Å². The second-order valence-electron chi connectivity index (χ2n) is 6.39. The standard InChI is InChI=1S/C19H28N4O3/c1-3-17(25)23-11-7-10-22(12-13-23)14-16(24)21-18(19(26)20-2)15-8-5-4-6-9-15/h4-6,8-9,18H,3,7,10-14H2,1-2H3,(H,20,26)(H,21,24). The lowest BCUT2D eigenvalue weighted by Gasteiger charge is -2.23. The first-order valence-corrected chi connectivity index (χ1v) is 9.11. The Morgan fingerprint density at radius 3 is 2.46 bits per heavy atom. The third-order valence-corrected chi connectivity index (χ3v) is 4.56. The number of carbonyl (C=O) groups excluding carboxylic acids is 3. The molecule has 1 aliphatic heterocycles. The number of hydrogen-bond donors (Lipinski definition) is 2. The number of benzene rings is 1. The zero-order chi connectivity index (χ0) is 18.9. The van der Waals surface area contributed by atoms with Crippen molar-refractivity contribution >= 4 is 17.7 Å². The molecule has 0 radical (unpaired) electrons. The maximum Gasteiger partial charge on any atom is 0.246 e. The Kier molecular flexibility index (Phi) is 7.59. The van der Waals surface area contributed by atoms with Gasteiger partial charge in [-0.2, -0.15) is 0 Å². The summed E-state index contributed by atoms with van der Waals surface area (Å²) in [5.74, 6) is -0.294. The average Bonchev–Trinajstić information content (AvgIpc) is 2.91. The highest BCUT2D eigenvalue weighted by atomic mass is 16.2. The van der Waals surface area contributed by atoms with E-state index in [0.29, 0.717) is 19.5 Å². The molecule has 1 fully saturated rings. The van der Waals surface area contributed by atoms with Crippen LogP contribution in [0, 0.1) is 0 Å². The van der Waals surface area contributed by atoms with Gasteiger partial charge in [-0.25, -0.2) is 0 Å². The molecule has 0 aromatic heterocycles. The van der Waals surface area contributed by atoms with Crippen LogP contribution in [0.1, 0.15) is 31.4 Å². The predicted octanol–water partition coefficient (Wildman–Crippen LogP) is 0.534. The van der Waals surface area contributed by atoms with Crippen molar-refractivity contribution in [2.24, 2.45) is 0 Å². The van der Waals surface area contributed by atoms with Crippen molar-refractivity contribution in [1.29, 1.82) is 0 Å². The van der Waals surface area contributed by atoms with E-state index in [1.54, 1.807) is 7.05 Å². The summed E-state index contributed by atoms with van der Waals surface area (Å²) in [5, 5.41) is 5.42. The van der Waals surface area contributed by atoms with E-state index in [4.69, 9.17) is 0 Å². The first kappa shape index (κ1) is 19.9. The van der Waals surface area contributed by atoms with Crippen molar-refractivity contribution in [3.05, 3.63) is 35.9 Å². The van der Waals surface area contributed by atoms with Crippen LogP contribution in [-0.4, -0.2) is 67.3 Å². The van der Waals surface area contributed by atoms with Crippen molar-refractivity contribution in [2.45, 2.75) is 25.8 Å². The number of likely N-dealkylation sites (N-methyl/N-ethyl adjacent to an activating group) is 1. The first-order valence-electron chi connectivity index (χ1n) is 9.11. The Morgan fingerprint density at radius 2 is 1.81 bits per heavy atom. The van der Waals surface area contributed by atoms with Crippen LogP contribution in [0.25, 0.3) is 0 Å². The lowest BCUT2D eigenvalue weighted by Crippen LogP contribution is -2.44. The normalized spacial score (nSPS) is 16.5. The highest BCUT2D eigenvalue weighted by Gasteiger charge is 2.24. The molecule has 26 heavy (non-hydrogen) atoms. The van der Waals surface area contributed by atoms with E-state index in [1.165, 1.54) is 0 Å². The Morgan fingerprint density at radius 1 is 1.08 bits per heavy atom. The van der Waals surface area contributed by atoms with E-state index in [2.05, 4.69) is 10.6 Å². The van der Waals surface area contributed by atoms with Crippen LogP contribution < -0.4 is 10.6 Å². The van der Waals surface area contributed by atoms with Gasteiger partial charge in [-0.3, -0.25) is 19.3 Å². The van der Waals surface area contributed by atoms with E-state index in [-0.39, 0.29) is 24.3 Å². The molecule has 2 rings (SSSR count). The number of rotatable bonds is 6. The van der Waals surface area contributed by atoms with Crippen molar-refractivity contribution < 1.29 is 14.4 Å². The molecule has 1 saturated heterocycles. The quantitative estimate of drug-likeness (QED) is 0.776. The third-order valence-electron chi connectivity index (χ3n) is 4.56. The molecule has 7 heteroatoms. The zero-order valence-electron chi connectivity index (χ0n) is 15.5. The zero-order valence-corrected chi connectivity index (χ0v) is 15.5. The van der Waals surface area contributed by atoms with Crippen LogP contribution in [0.15, 0.2) is 30.3 Å². The van der Waals surface area contributed by atoms with E-state index in [1.807, 2.05) is 47.1 Å². The minimum absolute atomic E-state index is 0.153. The summed E-state index contributed by atoms with van der Waals surface area (Å²) in [5.41, 5.74) is 0.746. The minimum Gasteiger partial charge on any atom is -0.357 e. The van der Waals surface area contributed by atoms with Crippen molar-refractivity contribution in [3.63, 3.8) is 0 Å². The summed E-state index contributed by atoms with van der Waals surface area (Å²) in [6.07, 6.45) is 1.35. The summed E-state index contributed by atoms with van der Waals surface area (Å²) in [4.78, 5) is 40.4. The van der Waals surface area contributed by atoms with Crippen molar-refractivity contribution in [2.75, 3.05) is 39.8 Å². The van der Waals surface area contributed by atoms with Crippen LogP contribution in [0.3, 0.4) is 0 Å². The van der Waals surface area contributed by atoms with Gasteiger partial charge in [0.15, 0.2) is 0 Å². The molecule has 0 aliphatic carbocycles. The molecule has 1 unspecified atom stereocenters. The maximum absolute atomic E-state index is 12.5. The van der Waals surface area contributed by atoms with Gasteiger partial charge in [0.2, 0.25) is 17.7 Å². The fraction of sp³-hybridized carbons (Fsp3) is 0.526. The van der Waals surface area contributed by atoms with Crippen molar-refractivity contribution in [1.82, 2.24) is 20.4 Å². The molecule has 1 aromatic rings. The Hall–Kier alpha value is -2.41. The summed E-state index contributed by atoms with van der Waals surface area (Å²) in [6, 6.07) is 8.48. The summed E-state index contributed by atoms with van der Waals surface area (Å²) in [7, 11) is 1.55.